The number of nitrogens with zero attached hydrogens (tertiary/aromatic N) is 2. The summed E-state index contributed by atoms with van der Waals surface area (Å²) in [6.45, 7) is 5.27. The summed E-state index contributed by atoms with van der Waals surface area (Å²) in [4.78, 5) is 6.74. The molecule has 1 aromatic heterocycles. The summed E-state index contributed by atoms with van der Waals surface area (Å²) in [5.74, 6) is 0. The van der Waals surface area contributed by atoms with E-state index in [0.29, 0.717) is 6.04 Å². The molecule has 0 atom stereocenters. The van der Waals surface area contributed by atoms with Crippen molar-refractivity contribution in [3.05, 3.63) is 36.0 Å². The van der Waals surface area contributed by atoms with Crippen molar-refractivity contribution in [3.63, 3.8) is 0 Å². The minimum Gasteiger partial charge on any atom is -0.398 e. The van der Waals surface area contributed by atoms with Crippen molar-refractivity contribution in [2.45, 2.75) is 26.4 Å². The topological polar surface area (TPSA) is 42.1 Å². The zero-order chi connectivity index (χ0) is 12.4. The fourth-order valence-electron chi connectivity index (χ4n) is 1.83. The molecule has 0 aliphatic carbocycles. The lowest BCUT2D eigenvalue weighted by atomic mass is 10.1. The smallest absolute Gasteiger partial charge is 0.0767 e. The standard InChI is InChI=1S/C14H19N3/c1-10(2)17(3)9-11-6-7-13(15)12-5-4-8-16-14(11)12/h4-8,10H,9,15H2,1-3H3. The monoisotopic (exact) mass is 229 g/mol. The van der Waals surface area contributed by atoms with Crippen LogP contribution >= 0.6 is 0 Å². The third kappa shape index (κ3) is 2.39. The van der Waals surface area contributed by atoms with Crippen LogP contribution in [0.25, 0.3) is 10.9 Å². The normalized spacial score (nSPS) is 11.6. The highest BCUT2D eigenvalue weighted by Gasteiger charge is 2.09. The SMILES string of the molecule is CC(C)N(C)Cc1ccc(N)c2cccnc12. The van der Waals surface area contributed by atoms with Gasteiger partial charge in [-0.15, -0.1) is 0 Å². The molecule has 3 nitrogen and oxygen atoms in total. The predicted octanol–water partition coefficient (Wildman–Crippen LogP) is 2.66. The van der Waals surface area contributed by atoms with E-state index in [0.717, 1.165) is 23.1 Å². The van der Waals surface area contributed by atoms with E-state index in [1.165, 1.54) is 5.56 Å². The molecule has 1 heterocycles. The Kier molecular flexibility index (Phi) is 3.29. The first-order chi connectivity index (χ1) is 8.09. The zero-order valence-corrected chi connectivity index (χ0v) is 10.6. The van der Waals surface area contributed by atoms with Crippen LogP contribution in [0.5, 0.6) is 0 Å². The summed E-state index contributed by atoms with van der Waals surface area (Å²) in [6, 6.07) is 8.51. The van der Waals surface area contributed by atoms with Crippen molar-refractivity contribution >= 4 is 16.6 Å². The lowest BCUT2D eigenvalue weighted by molar-refractivity contribution is 0.266. The number of rotatable bonds is 3. The molecule has 2 aromatic rings. The van der Waals surface area contributed by atoms with Crippen LogP contribution in [0.15, 0.2) is 30.5 Å². The van der Waals surface area contributed by atoms with Crippen molar-refractivity contribution in [2.24, 2.45) is 0 Å². The largest absolute Gasteiger partial charge is 0.398 e. The minimum absolute atomic E-state index is 0.520. The van der Waals surface area contributed by atoms with Crippen molar-refractivity contribution in [3.8, 4) is 0 Å². The van der Waals surface area contributed by atoms with Gasteiger partial charge in [-0.3, -0.25) is 9.88 Å². The van der Waals surface area contributed by atoms with Gasteiger partial charge in [0.2, 0.25) is 0 Å². The lowest BCUT2D eigenvalue weighted by Gasteiger charge is -2.21. The Morgan fingerprint density at radius 3 is 2.76 bits per heavy atom. The molecular weight excluding hydrogens is 210 g/mol. The Balaban J connectivity index is 2.45. The molecule has 0 amide bonds. The maximum atomic E-state index is 5.96. The summed E-state index contributed by atoms with van der Waals surface area (Å²) in [5.41, 5.74) is 9.00. The van der Waals surface area contributed by atoms with Gasteiger partial charge >= 0.3 is 0 Å². The molecule has 0 unspecified atom stereocenters. The van der Waals surface area contributed by atoms with Gasteiger partial charge < -0.3 is 5.73 Å². The molecule has 0 spiro atoms. The van der Waals surface area contributed by atoms with E-state index in [9.17, 15) is 0 Å². The molecule has 0 fully saturated rings. The molecule has 90 valence electrons. The van der Waals surface area contributed by atoms with Crippen LogP contribution in [-0.2, 0) is 6.54 Å². The molecule has 2 rings (SSSR count). The first kappa shape index (κ1) is 11.9. The highest BCUT2D eigenvalue weighted by molar-refractivity contribution is 5.92. The Hall–Kier alpha value is -1.61. The van der Waals surface area contributed by atoms with E-state index in [-0.39, 0.29) is 0 Å². The summed E-state index contributed by atoms with van der Waals surface area (Å²) < 4.78 is 0. The molecule has 17 heavy (non-hydrogen) atoms. The predicted molar refractivity (Wildman–Crippen MR) is 72.8 cm³/mol. The number of aromatic nitrogens is 1. The molecule has 0 bridgehead atoms. The first-order valence-corrected chi connectivity index (χ1v) is 5.92. The number of pyridine rings is 1. The third-order valence-corrected chi connectivity index (χ3v) is 3.19. The van der Waals surface area contributed by atoms with Crippen molar-refractivity contribution in [1.29, 1.82) is 0 Å². The van der Waals surface area contributed by atoms with Crippen molar-refractivity contribution in [2.75, 3.05) is 12.8 Å². The summed E-state index contributed by atoms with van der Waals surface area (Å²) >= 11 is 0. The van der Waals surface area contributed by atoms with Crippen LogP contribution in [0.4, 0.5) is 5.69 Å². The minimum atomic E-state index is 0.520. The molecule has 0 aliphatic rings. The van der Waals surface area contributed by atoms with Crippen LogP contribution in [0.1, 0.15) is 19.4 Å². The number of hydrogen-bond acceptors (Lipinski definition) is 3. The van der Waals surface area contributed by atoms with Crippen molar-refractivity contribution < 1.29 is 0 Å². The number of hydrogen-bond donors (Lipinski definition) is 1. The summed E-state index contributed by atoms with van der Waals surface area (Å²) in [6.07, 6.45) is 1.82. The number of fused-ring (bicyclic) bond motifs is 1. The van der Waals surface area contributed by atoms with Crippen LogP contribution in [0.3, 0.4) is 0 Å². The quantitative estimate of drug-likeness (QED) is 0.823. The number of nitrogens with two attached hydrogens (primary N) is 1. The van der Waals surface area contributed by atoms with E-state index >= 15 is 0 Å². The van der Waals surface area contributed by atoms with E-state index in [4.69, 9.17) is 5.73 Å². The second-order valence-electron chi connectivity index (χ2n) is 4.72. The number of nitrogen functional groups attached to an aromatic ring is 1. The highest BCUT2D eigenvalue weighted by atomic mass is 15.1. The maximum Gasteiger partial charge on any atom is 0.0767 e. The molecule has 0 radical (unpaired) electrons. The molecule has 2 N–H and O–H groups in total. The van der Waals surface area contributed by atoms with Crippen LogP contribution in [0, 0.1) is 0 Å². The van der Waals surface area contributed by atoms with Crippen LogP contribution in [-0.4, -0.2) is 23.0 Å². The third-order valence-electron chi connectivity index (χ3n) is 3.19. The van der Waals surface area contributed by atoms with E-state index in [1.54, 1.807) is 0 Å². The van der Waals surface area contributed by atoms with E-state index < -0.39 is 0 Å². The zero-order valence-electron chi connectivity index (χ0n) is 10.6. The van der Waals surface area contributed by atoms with Crippen LogP contribution < -0.4 is 5.73 Å². The molecule has 3 heteroatoms. The Labute approximate surface area is 102 Å². The highest BCUT2D eigenvalue weighted by Crippen LogP contribution is 2.23. The van der Waals surface area contributed by atoms with Crippen molar-refractivity contribution in [1.82, 2.24) is 9.88 Å². The van der Waals surface area contributed by atoms with Gasteiger partial charge in [0.15, 0.2) is 0 Å². The van der Waals surface area contributed by atoms with Gasteiger partial charge in [-0.1, -0.05) is 6.07 Å². The van der Waals surface area contributed by atoms with E-state index in [1.807, 2.05) is 24.4 Å². The van der Waals surface area contributed by atoms with Gasteiger partial charge in [0.1, 0.15) is 0 Å². The summed E-state index contributed by atoms with van der Waals surface area (Å²) in [5, 5.41) is 1.04. The fourth-order valence-corrected chi connectivity index (χ4v) is 1.83. The summed E-state index contributed by atoms with van der Waals surface area (Å²) in [7, 11) is 2.12. The average molecular weight is 229 g/mol. The Morgan fingerprint density at radius 1 is 1.29 bits per heavy atom. The van der Waals surface area contributed by atoms with Gasteiger partial charge in [-0.2, -0.15) is 0 Å². The van der Waals surface area contributed by atoms with Gasteiger partial charge in [-0.05, 0) is 44.7 Å². The maximum absolute atomic E-state index is 5.96. The Bertz CT molecular complexity index is 520. The molecule has 0 aliphatic heterocycles. The van der Waals surface area contributed by atoms with Crippen LogP contribution in [0.2, 0.25) is 0 Å². The number of anilines is 1. The second kappa shape index (κ2) is 4.72. The van der Waals surface area contributed by atoms with Gasteiger partial charge in [0.25, 0.3) is 0 Å². The Morgan fingerprint density at radius 2 is 2.06 bits per heavy atom. The van der Waals surface area contributed by atoms with Gasteiger partial charge in [0.05, 0.1) is 5.52 Å². The fraction of sp³-hybridized carbons (Fsp3) is 0.357. The first-order valence-electron chi connectivity index (χ1n) is 5.92. The number of benzene rings is 1. The molecule has 0 saturated heterocycles. The lowest BCUT2D eigenvalue weighted by Crippen LogP contribution is -2.25. The second-order valence-corrected chi connectivity index (χ2v) is 4.72. The molecule has 1 aromatic carbocycles. The van der Waals surface area contributed by atoms with Gasteiger partial charge in [0, 0.05) is 29.9 Å². The average Bonchev–Trinajstić information content (AvgIpc) is 2.33. The molecular formula is C14H19N3. The van der Waals surface area contributed by atoms with Gasteiger partial charge in [-0.25, -0.2) is 0 Å². The van der Waals surface area contributed by atoms with E-state index in [2.05, 4.69) is 36.8 Å². The molecule has 0 saturated carbocycles.